The Balaban J connectivity index is 1.80. The minimum Gasteiger partial charge on any atom is -0.462 e. The molecule has 32 heavy (non-hydrogen) atoms. The molecule has 0 atom stereocenters. The van der Waals surface area contributed by atoms with Gasteiger partial charge in [0, 0.05) is 11.1 Å². The van der Waals surface area contributed by atoms with E-state index in [1.165, 1.54) is 38.1 Å². The average Bonchev–Trinajstić information content (AvgIpc) is 3.18. The molecule has 0 saturated heterocycles. The van der Waals surface area contributed by atoms with Gasteiger partial charge < -0.3 is 10.1 Å². The summed E-state index contributed by atoms with van der Waals surface area (Å²) >= 11 is 0.992. The summed E-state index contributed by atoms with van der Waals surface area (Å²) in [5.41, 5.74) is 0.0138. The van der Waals surface area contributed by atoms with E-state index < -0.39 is 29.1 Å². The monoisotopic (exact) mass is 455 g/mol. The summed E-state index contributed by atoms with van der Waals surface area (Å²) in [6.45, 7) is 4.97. The van der Waals surface area contributed by atoms with Gasteiger partial charge in [0.2, 0.25) is 0 Å². The fourth-order valence-corrected chi connectivity index (χ4v) is 3.64. The number of anilines is 1. The number of halogens is 1. The number of rotatable bonds is 7. The van der Waals surface area contributed by atoms with E-state index in [0.717, 1.165) is 11.3 Å². The van der Waals surface area contributed by atoms with Crippen molar-refractivity contribution < 1.29 is 23.5 Å². The number of hydrogen-bond donors (Lipinski definition) is 2. The number of thiazole rings is 1. The van der Waals surface area contributed by atoms with Gasteiger partial charge in [-0.05, 0) is 45.0 Å². The summed E-state index contributed by atoms with van der Waals surface area (Å²) in [5, 5.41) is 5.48. The van der Waals surface area contributed by atoms with Crippen molar-refractivity contribution in [3.8, 4) is 11.3 Å². The molecule has 0 spiro atoms. The maximum atomic E-state index is 13.1. The molecule has 3 aromatic rings. The van der Waals surface area contributed by atoms with E-state index in [1.807, 2.05) is 18.2 Å². The number of ether oxygens (including phenoxy) is 1. The van der Waals surface area contributed by atoms with Crippen molar-refractivity contribution in [1.29, 1.82) is 0 Å². The predicted molar refractivity (Wildman–Crippen MR) is 120 cm³/mol. The zero-order valence-corrected chi connectivity index (χ0v) is 18.6. The average molecular weight is 456 g/mol. The van der Waals surface area contributed by atoms with Crippen LogP contribution < -0.4 is 10.6 Å². The number of nitrogens with zero attached hydrogens (tertiary/aromatic N) is 1. The van der Waals surface area contributed by atoms with Crippen LogP contribution in [0.1, 0.15) is 40.8 Å². The third kappa shape index (κ3) is 5.36. The quantitative estimate of drug-likeness (QED) is 0.519. The van der Waals surface area contributed by atoms with Gasteiger partial charge in [-0.15, -0.1) is 0 Å². The first-order valence-corrected chi connectivity index (χ1v) is 10.7. The summed E-state index contributed by atoms with van der Waals surface area (Å²) in [4.78, 5) is 42.4. The molecule has 9 heteroatoms. The largest absolute Gasteiger partial charge is 0.462 e. The highest BCUT2D eigenvalue weighted by atomic mass is 32.1. The lowest BCUT2D eigenvalue weighted by Crippen LogP contribution is -2.52. The highest BCUT2D eigenvalue weighted by Gasteiger charge is 2.31. The second kappa shape index (κ2) is 9.69. The van der Waals surface area contributed by atoms with E-state index in [2.05, 4.69) is 15.6 Å². The molecule has 0 unspecified atom stereocenters. The number of carbonyl (C=O) groups excluding carboxylic acids is 3. The molecule has 0 radical (unpaired) electrons. The maximum Gasteiger partial charge on any atom is 0.350 e. The van der Waals surface area contributed by atoms with Crippen molar-refractivity contribution in [3.05, 3.63) is 70.9 Å². The molecule has 3 rings (SSSR count). The predicted octanol–water partition coefficient (Wildman–Crippen LogP) is 4.27. The molecule has 1 heterocycles. The maximum absolute atomic E-state index is 13.1. The Morgan fingerprint density at radius 1 is 1.06 bits per heavy atom. The Kier molecular flexibility index (Phi) is 6.99. The molecule has 0 aliphatic heterocycles. The highest BCUT2D eigenvalue weighted by Crippen LogP contribution is 2.32. The molecule has 1 aromatic heterocycles. The SMILES string of the molecule is CCOC(=O)c1sc(NC(=O)C(C)(C)NC(=O)c2ccc(F)cc2)nc1-c1ccccc1. The van der Waals surface area contributed by atoms with E-state index in [9.17, 15) is 18.8 Å². The first kappa shape index (κ1) is 23.1. The van der Waals surface area contributed by atoms with E-state index in [-0.39, 0.29) is 22.2 Å². The lowest BCUT2D eigenvalue weighted by Gasteiger charge is -2.24. The van der Waals surface area contributed by atoms with Gasteiger partial charge in [-0.25, -0.2) is 14.2 Å². The summed E-state index contributed by atoms with van der Waals surface area (Å²) in [6.07, 6.45) is 0. The van der Waals surface area contributed by atoms with Crippen molar-refractivity contribution in [1.82, 2.24) is 10.3 Å². The van der Waals surface area contributed by atoms with Crippen molar-refractivity contribution in [2.45, 2.75) is 26.3 Å². The molecule has 7 nitrogen and oxygen atoms in total. The van der Waals surface area contributed by atoms with Crippen LogP contribution in [0.2, 0.25) is 0 Å². The Labute approximate surface area is 188 Å². The highest BCUT2D eigenvalue weighted by molar-refractivity contribution is 7.18. The van der Waals surface area contributed by atoms with Gasteiger partial charge in [-0.1, -0.05) is 41.7 Å². The fourth-order valence-electron chi connectivity index (χ4n) is 2.77. The first-order valence-electron chi connectivity index (χ1n) is 9.84. The van der Waals surface area contributed by atoms with Crippen molar-refractivity contribution >= 4 is 34.3 Å². The topological polar surface area (TPSA) is 97.4 Å². The van der Waals surface area contributed by atoms with Gasteiger partial charge in [-0.2, -0.15) is 0 Å². The summed E-state index contributed by atoms with van der Waals surface area (Å²) < 4.78 is 18.2. The van der Waals surface area contributed by atoms with Gasteiger partial charge in [-0.3, -0.25) is 14.9 Å². The lowest BCUT2D eigenvalue weighted by atomic mass is 10.0. The Bertz CT molecular complexity index is 1130. The number of esters is 1. The molecule has 0 saturated carbocycles. The first-order chi connectivity index (χ1) is 15.2. The molecule has 0 bridgehead atoms. The zero-order valence-electron chi connectivity index (χ0n) is 17.8. The van der Waals surface area contributed by atoms with Gasteiger partial charge in [0.15, 0.2) is 5.13 Å². The number of benzene rings is 2. The van der Waals surface area contributed by atoms with Gasteiger partial charge in [0.1, 0.15) is 16.2 Å². The minimum absolute atomic E-state index is 0.195. The fraction of sp³-hybridized carbons (Fsp3) is 0.217. The van der Waals surface area contributed by atoms with Crippen molar-refractivity contribution in [3.63, 3.8) is 0 Å². The molecule has 0 aliphatic rings. The molecule has 2 amide bonds. The van der Waals surface area contributed by atoms with E-state index in [0.29, 0.717) is 11.3 Å². The molecular weight excluding hydrogens is 433 g/mol. The number of nitrogens with one attached hydrogen (secondary N) is 2. The molecule has 166 valence electrons. The van der Waals surface area contributed by atoms with Gasteiger partial charge in [0.25, 0.3) is 11.8 Å². The van der Waals surface area contributed by atoms with Crippen LogP contribution >= 0.6 is 11.3 Å². The van der Waals surface area contributed by atoms with E-state index in [4.69, 9.17) is 4.74 Å². The Morgan fingerprint density at radius 3 is 2.34 bits per heavy atom. The molecule has 2 N–H and O–H groups in total. The van der Waals surface area contributed by atoms with Crippen LogP contribution in [0.25, 0.3) is 11.3 Å². The van der Waals surface area contributed by atoms with Crippen LogP contribution in [0.5, 0.6) is 0 Å². The van der Waals surface area contributed by atoms with Crippen molar-refractivity contribution in [2.75, 3.05) is 11.9 Å². The summed E-state index contributed by atoms with van der Waals surface area (Å²) in [7, 11) is 0. The van der Waals surface area contributed by atoms with Gasteiger partial charge in [0.05, 0.1) is 12.3 Å². The van der Waals surface area contributed by atoms with Crippen LogP contribution in [-0.2, 0) is 9.53 Å². The second-order valence-corrected chi connectivity index (χ2v) is 8.32. The van der Waals surface area contributed by atoms with Crippen LogP contribution in [0, 0.1) is 5.82 Å². The Hall–Kier alpha value is -3.59. The number of carbonyl (C=O) groups is 3. The smallest absolute Gasteiger partial charge is 0.350 e. The third-order valence-corrected chi connectivity index (χ3v) is 5.41. The Morgan fingerprint density at radius 2 is 1.72 bits per heavy atom. The minimum atomic E-state index is -1.31. The zero-order chi connectivity index (χ0) is 23.3. The summed E-state index contributed by atoms with van der Waals surface area (Å²) in [5.74, 6) is -2.06. The molecule has 0 aliphatic carbocycles. The standard InChI is InChI=1S/C23H22FN3O4S/c1-4-31-20(29)18-17(14-8-6-5-7-9-14)25-22(32-18)26-21(30)23(2,3)27-19(28)15-10-12-16(24)13-11-15/h5-13H,4H2,1-3H3,(H,27,28)(H,25,26,30). The number of hydrogen-bond acceptors (Lipinski definition) is 6. The summed E-state index contributed by atoms with van der Waals surface area (Å²) in [6, 6.07) is 14.1. The van der Waals surface area contributed by atoms with Crippen molar-refractivity contribution in [2.24, 2.45) is 0 Å². The van der Waals surface area contributed by atoms with Crippen LogP contribution in [0.4, 0.5) is 9.52 Å². The number of aromatic nitrogens is 1. The second-order valence-electron chi connectivity index (χ2n) is 7.32. The number of amides is 2. The van der Waals surface area contributed by atoms with E-state index in [1.54, 1.807) is 19.1 Å². The molecule has 0 fully saturated rings. The third-order valence-electron chi connectivity index (χ3n) is 4.46. The van der Waals surface area contributed by atoms with Gasteiger partial charge >= 0.3 is 5.97 Å². The van der Waals surface area contributed by atoms with Crippen LogP contribution in [0.15, 0.2) is 54.6 Å². The lowest BCUT2D eigenvalue weighted by molar-refractivity contribution is -0.120. The van der Waals surface area contributed by atoms with Crippen LogP contribution in [0.3, 0.4) is 0 Å². The van der Waals surface area contributed by atoms with E-state index >= 15 is 0 Å². The molecular formula is C23H22FN3O4S. The normalized spacial score (nSPS) is 11.0. The molecule has 2 aromatic carbocycles. The van der Waals surface area contributed by atoms with Crippen LogP contribution in [-0.4, -0.2) is 34.9 Å².